The molecule has 3 nitrogen and oxygen atoms in total. The van der Waals surface area contributed by atoms with E-state index in [4.69, 9.17) is 0 Å². The van der Waals surface area contributed by atoms with Crippen LogP contribution >= 0.6 is 11.3 Å². The van der Waals surface area contributed by atoms with E-state index in [1.807, 2.05) is 0 Å². The summed E-state index contributed by atoms with van der Waals surface area (Å²) < 4.78 is 0. The molecule has 4 heteroatoms. The van der Waals surface area contributed by atoms with Gasteiger partial charge in [-0.3, -0.25) is 9.69 Å². The molecule has 0 aromatic carbocycles. The first kappa shape index (κ1) is 14.1. The summed E-state index contributed by atoms with van der Waals surface area (Å²) in [6.45, 7) is 2.95. The number of nitrogens with zero attached hydrogens (tertiary/aromatic N) is 1. The first-order valence-electron chi connectivity index (χ1n) is 7.68. The maximum Gasteiger partial charge on any atom is 0.320 e. The molecule has 3 atom stereocenters. The lowest BCUT2D eigenvalue weighted by Crippen LogP contribution is -2.54. The molecule has 1 N–H and O–H groups in total. The highest BCUT2D eigenvalue weighted by atomic mass is 32.1. The smallest absolute Gasteiger partial charge is 0.320 e. The third-order valence-corrected chi connectivity index (χ3v) is 6.09. The summed E-state index contributed by atoms with van der Waals surface area (Å²) in [6, 6.07) is 2.34. The number of carboxylic acids is 1. The van der Waals surface area contributed by atoms with Crippen molar-refractivity contribution in [3.05, 3.63) is 21.9 Å². The normalized spacial score (nSPS) is 30.9. The quantitative estimate of drug-likeness (QED) is 0.924. The van der Waals surface area contributed by atoms with E-state index in [-0.39, 0.29) is 6.04 Å². The lowest BCUT2D eigenvalue weighted by molar-refractivity contribution is -0.148. The Morgan fingerprint density at radius 1 is 1.35 bits per heavy atom. The molecule has 3 rings (SSSR count). The van der Waals surface area contributed by atoms with Crippen molar-refractivity contribution in [1.82, 2.24) is 4.90 Å². The van der Waals surface area contributed by atoms with Crippen LogP contribution in [0.3, 0.4) is 0 Å². The Kier molecular flexibility index (Phi) is 4.13. The highest BCUT2D eigenvalue weighted by Gasteiger charge is 2.41. The fourth-order valence-electron chi connectivity index (χ4n) is 3.96. The van der Waals surface area contributed by atoms with Gasteiger partial charge in [0, 0.05) is 17.5 Å². The fourth-order valence-corrected chi connectivity index (χ4v) is 4.87. The molecule has 2 fully saturated rings. The monoisotopic (exact) mass is 293 g/mol. The van der Waals surface area contributed by atoms with Crippen LogP contribution in [0.5, 0.6) is 0 Å². The second-order valence-corrected chi connectivity index (χ2v) is 7.24. The molecule has 0 radical (unpaired) electrons. The molecule has 2 aliphatic rings. The molecule has 0 spiro atoms. The van der Waals surface area contributed by atoms with Crippen molar-refractivity contribution >= 4 is 17.3 Å². The van der Waals surface area contributed by atoms with Crippen LogP contribution in [-0.2, 0) is 11.3 Å². The number of rotatable bonds is 3. The van der Waals surface area contributed by atoms with Gasteiger partial charge < -0.3 is 5.11 Å². The number of fused-ring (bicyclic) bond motifs is 1. The Morgan fingerprint density at radius 3 is 2.85 bits per heavy atom. The Balaban J connectivity index is 1.84. The van der Waals surface area contributed by atoms with Crippen molar-refractivity contribution in [2.75, 3.05) is 0 Å². The molecule has 1 aliphatic heterocycles. The third-order valence-electron chi connectivity index (χ3n) is 5.09. The molecule has 2 heterocycles. The molecule has 1 aromatic heterocycles. The predicted molar refractivity (Wildman–Crippen MR) is 81.0 cm³/mol. The number of carboxylic acid groups (broad SMARTS) is 1. The first-order chi connectivity index (χ1) is 9.66. The van der Waals surface area contributed by atoms with Crippen LogP contribution in [0.4, 0.5) is 0 Å². The summed E-state index contributed by atoms with van der Waals surface area (Å²) in [5.74, 6) is 0.0860. The lowest BCUT2D eigenvalue weighted by Gasteiger charge is -2.47. The minimum atomic E-state index is -0.636. The molecular weight excluding hydrogens is 270 g/mol. The zero-order chi connectivity index (χ0) is 14.1. The number of aliphatic carboxylic acids is 1. The summed E-state index contributed by atoms with van der Waals surface area (Å²) >= 11 is 1.76. The average molecular weight is 293 g/mol. The Hall–Kier alpha value is -0.870. The Morgan fingerprint density at radius 2 is 2.15 bits per heavy atom. The van der Waals surface area contributed by atoms with E-state index in [1.54, 1.807) is 11.3 Å². The maximum absolute atomic E-state index is 11.6. The molecule has 0 bridgehead atoms. The highest BCUT2D eigenvalue weighted by Crippen LogP contribution is 2.39. The number of hydrogen-bond acceptors (Lipinski definition) is 3. The molecule has 110 valence electrons. The van der Waals surface area contributed by atoms with Crippen LogP contribution in [0.15, 0.2) is 11.4 Å². The van der Waals surface area contributed by atoms with E-state index in [0.29, 0.717) is 6.04 Å². The third kappa shape index (κ3) is 2.63. The summed E-state index contributed by atoms with van der Waals surface area (Å²) in [4.78, 5) is 15.3. The van der Waals surface area contributed by atoms with E-state index < -0.39 is 5.97 Å². The van der Waals surface area contributed by atoms with Crippen molar-refractivity contribution in [3.8, 4) is 0 Å². The predicted octanol–water partition coefficient (Wildman–Crippen LogP) is 3.66. The molecule has 3 unspecified atom stereocenters. The van der Waals surface area contributed by atoms with Gasteiger partial charge in [-0.2, -0.15) is 0 Å². The minimum absolute atomic E-state index is 0.282. The zero-order valence-corrected chi connectivity index (χ0v) is 12.9. The fraction of sp³-hybridized carbons (Fsp3) is 0.688. The molecule has 20 heavy (non-hydrogen) atoms. The van der Waals surface area contributed by atoms with Crippen molar-refractivity contribution in [1.29, 1.82) is 0 Å². The summed E-state index contributed by atoms with van der Waals surface area (Å²) in [5, 5.41) is 11.7. The minimum Gasteiger partial charge on any atom is -0.480 e. The van der Waals surface area contributed by atoms with Crippen LogP contribution < -0.4 is 0 Å². The van der Waals surface area contributed by atoms with Gasteiger partial charge in [-0.25, -0.2) is 0 Å². The molecule has 1 aromatic rings. The number of carbonyl (C=O) groups is 1. The van der Waals surface area contributed by atoms with Gasteiger partial charge in [0.1, 0.15) is 6.04 Å². The zero-order valence-electron chi connectivity index (χ0n) is 12.0. The molecular formula is C16H23NO2S. The van der Waals surface area contributed by atoms with Gasteiger partial charge in [0.25, 0.3) is 0 Å². The Bertz CT molecular complexity index is 485. The van der Waals surface area contributed by atoms with Gasteiger partial charge in [0.2, 0.25) is 0 Å². The number of thiophene rings is 1. The van der Waals surface area contributed by atoms with Crippen molar-refractivity contribution < 1.29 is 9.90 Å². The standard InChI is InChI=1S/C16H23NO2S/c1-11-8-9-20-15(11)10-17-13-5-3-2-4-12(13)6-7-14(17)16(18)19/h8-9,12-14H,2-7,10H2,1H3,(H,18,19). The van der Waals surface area contributed by atoms with Crippen LogP contribution in [0, 0.1) is 12.8 Å². The van der Waals surface area contributed by atoms with Gasteiger partial charge in [0.05, 0.1) is 0 Å². The van der Waals surface area contributed by atoms with Gasteiger partial charge >= 0.3 is 5.97 Å². The molecule has 1 saturated carbocycles. The van der Waals surface area contributed by atoms with Gasteiger partial charge in [-0.1, -0.05) is 12.8 Å². The lowest BCUT2D eigenvalue weighted by atomic mass is 9.76. The van der Waals surface area contributed by atoms with Crippen LogP contribution in [-0.4, -0.2) is 28.1 Å². The summed E-state index contributed by atoms with van der Waals surface area (Å²) in [5.41, 5.74) is 1.30. The summed E-state index contributed by atoms with van der Waals surface area (Å²) in [6.07, 6.45) is 6.97. The highest BCUT2D eigenvalue weighted by molar-refractivity contribution is 7.10. The van der Waals surface area contributed by atoms with E-state index >= 15 is 0 Å². The Labute approximate surface area is 124 Å². The number of hydrogen-bond donors (Lipinski definition) is 1. The summed E-state index contributed by atoms with van der Waals surface area (Å²) in [7, 11) is 0. The van der Waals surface area contributed by atoms with Crippen LogP contribution in [0.25, 0.3) is 0 Å². The largest absolute Gasteiger partial charge is 0.480 e. The van der Waals surface area contributed by atoms with E-state index in [9.17, 15) is 9.90 Å². The van der Waals surface area contributed by atoms with Crippen LogP contribution in [0.2, 0.25) is 0 Å². The van der Waals surface area contributed by atoms with Gasteiger partial charge in [0.15, 0.2) is 0 Å². The maximum atomic E-state index is 11.6. The van der Waals surface area contributed by atoms with Crippen molar-refractivity contribution in [2.45, 2.75) is 64.1 Å². The number of likely N-dealkylation sites (tertiary alicyclic amines) is 1. The number of piperidine rings is 1. The van der Waals surface area contributed by atoms with Gasteiger partial charge in [-0.15, -0.1) is 11.3 Å². The van der Waals surface area contributed by atoms with E-state index in [2.05, 4.69) is 23.3 Å². The van der Waals surface area contributed by atoms with E-state index in [1.165, 1.54) is 36.1 Å². The number of aryl methyl sites for hydroxylation is 1. The second kappa shape index (κ2) is 5.86. The van der Waals surface area contributed by atoms with Gasteiger partial charge in [-0.05, 0) is 55.5 Å². The average Bonchev–Trinajstić information content (AvgIpc) is 2.84. The van der Waals surface area contributed by atoms with E-state index in [0.717, 1.165) is 25.3 Å². The van der Waals surface area contributed by atoms with Crippen molar-refractivity contribution in [3.63, 3.8) is 0 Å². The van der Waals surface area contributed by atoms with Crippen LogP contribution in [0.1, 0.15) is 49.0 Å². The second-order valence-electron chi connectivity index (χ2n) is 6.24. The molecule has 0 amide bonds. The molecule has 1 saturated heterocycles. The van der Waals surface area contributed by atoms with Crippen molar-refractivity contribution in [2.24, 2.45) is 5.92 Å². The SMILES string of the molecule is Cc1ccsc1CN1C(C(=O)O)CCC2CCCCC21. The topological polar surface area (TPSA) is 40.5 Å². The molecule has 1 aliphatic carbocycles. The first-order valence-corrected chi connectivity index (χ1v) is 8.56.